The molecule has 0 unspecified atom stereocenters. The summed E-state index contributed by atoms with van der Waals surface area (Å²) < 4.78 is 32.2. The summed E-state index contributed by atoms with van der Waals surface area (Å²) >= 11 is 0. The Balaban J connectivity index is 1.27. The van der Waals surface area contributed by atoms with Gasteiger partial charge in [0.2, 0.25) is 0 Å². The van der Waals surface area contributed by atoms with E-state index in [2.05, 4.69) is 50.2 Å². The summed E-state index contributed by atoms with van der Waals surface area (Å²) in [5.74, 6) is 2.14. The Labute approximate surface area is 231 Å². The monoisotopic (exact) mass is 530 g/mol. The van der Waals surface area contributed by atoms with Gasteiger partial charge in [0, 0.05) is 11.0 Å². The van der Waals surface area contributed by atoms with Crippen LogP contribution in [0.25, 0.3) is 11.1 Å². The molecule has 0 radical (unpaired) electrons. The van der Waals surface area contributed by atoms with E-state index in [9.17, 15) is 0 Å². The average molecular weight is 531 g/mol. The molecule has 1 spiro atoms. The van der Waals surface area contributed by atoms with Gasteiger partial charge < -0.3 is 19.3 Å². The fraction of sp³-hybridized carbons (Fsp3) is 0.471. The van der Waals surface area contributed by atoms with Crippen LogP contribution in [0.4, 0.5) is 4.39 Å². The molecule has 3 aliphatic rings. The molecule has 0 bridgehead atoms. The Morgan fingerprint density at radius 1 is 0.974 bits per heavy atom. The second-order valence-electron chi connectivity index (χ2n) is 12.4. The predicted molar refractivity (Wildman–Crippen MR) is 151 cm³/mol. The first-order chi connectivity index (χ1) is 18.8. The molecule has 3 aromatic rings. The van der Waals surface area contributed by atoms with Crippen molar-refractivity contribution < 1.29 is 23.7 Å². The highest BCUT2D eigenvalue weighted by Crippen LogP contribution is 2.62. The second-order valence-corrected chi connectivity index (χ2v) is 12.4. The molecule has 6 rings (SSSR count). The smallest absolute Gasteiger partial charge is 0.143 e. The van der Waals surface area contributed by atoms with Crippen LogP contribution >= 0.6 is 0 Å². The van der Waals surface area contributed by atoms with Gasteiger partial charge in [-0.2, -0.15) is 0 Å². The first kappa shape index (κ1) is 26.3. The van der Waals surface area contributed by atoms with Gasteiger partial charge in [-0.05, 0) is 108 Å². The van der Waals surface area contributed by atoms with Gasteiger partial charge in [0.25, 0.3) is 0 Å². The minimum atomic E-state index is -0.230. The zero-order valence-electron chi connectivity index (χ0n) is 23.3. The number of rotatable bonds is 9. The topological polar surface area (TPSA) is 47.9 Å². The van der Waals surface area contributed by atoms with Gasteiger partial charge in [-0.25, -0.2) is 4.39 Å². The maximum atomic E-state index is 15.1. The largest absolute Gasteiger partial charge is 0.497 e. The molecule has 2 fully saturated rings. The number of ether oxygens (including phenoxy) is 3. The number of benzene rings is 3. The molecular formula is C34H39FO4. The molecule has 5 heteroatoms. The van der Waals surface area contributed by atoms with E-state index in [0.717, 1.165) is 42.6 Å². The second kappa shape index (κ2) is 10.3. The van der Waals surface area contributed by atoms with E-state index in [1.807, 2.05) is 6.07 Å². The van der Waals surface area contributed by atoms with Gasteiger partial charge in [0.15, 0.2) is 0 Å². The minimum absolute atomic E-state index is 0.151. The molecule has 0 saturated heterocycles. The Hall–Kier alpha value is -2.89. The summed E-state index contributed by atoms with van der Waals surface area (Å²) in [4.78, 5) is 0. The highest BCUT2D eigenvalue weighted by molar-refractivity contribution is 5.71. The van der Waals surface area contributed by atoms with Crippen molar-refractivity contribution in [3.8, 4) is 22.6 Å². The zero-order valence-corrected chi connectivity index (χ0v) is 23.3. The van der Waals surface area contributed by atoms with Crippen LogP contribution in [0.2, 0.25) is 0 Å². The number of aryl methyl sites for hydroxylation is 1. The third-order valence-electron chi connectivity index (χ3n) is 9.72. The first-order valence-corrected chi connectivity index (χ1v) is 14.3. The standard InChI is InChI=1S/C34H39FO4/c1-33(2)13-4-5-30(33)28-15-22(6-10-27(28)29-16-25(37-3)9-11-32(29)35)19-39-26-8-7-23-12-14-34(31(23)17-26)18-24(34)20-38-21-36/h6-11,15-17,24,30,36H,4-5,12-14,18-21H2,1-3H3/t24-,30+,34+/m0/s1. The first-order valence-electron chi connectivity index (χ1n) is 14.3. The van der Waals surface area contributed by atoms with E-state index in [-0.39, 0.29) is 23.4 Å². The van der Waals surface area contributed by atoms with Gasteiger partial charge >= 0.3 is 0 Å². The normalized spacial score (nSPS) is 24.6. The number of aliphatic hydroxyl groups is 1. The molecule has 4 nitrogen and oxygen atoms in total. The molecule has 206 valence electrons. The van der Waals surface area contributed by atoms with Gasteiger partial charge in [0.05, 0.1) is 13.7 Å². The number of hydrogen-bond donors (Lipinski definition) is 1. The maximum Gasteiger partial charge on any atom is 0.143 e. The Kier molecular flexibility index (Phi) is 6.93. The van der Waals surface area contributed by atoms with Crippen molar-refractivity contribution in [3.63, 3.8) is 0 Å². The van der Waals surface area contributed by atoms with Gasteiger partial charge in [-0.3, -0.25) is 0 Å². The molecule has 2 saturated carbocycles. The molecule has 0 heterocycles. The molecule has 0 aliphatic heterocycles. The highest BCUT2D eigenvalue weighted by atomic mass is 19.1. The van der Waals surface area contributed by atoms with E-state index < -0.39 is 0 Å². The lowest BCUT2D eigenvalue weighted by molar-refractivity contribution is -0.00844. The van der Waals surface area contributed by atoms with Crippen LogP contribution in [0.3, 0.4) is 0 Å². The van der Waals surface area contributed by atoms with Gasteiger partial charge in [0.1, 0.15) is 30.7 Å². The SMILES string of the molecule is COc1ccc(F)c(-c2ccc(COc3ccc4c(c3)[C@]3(CC4)C[C@H]3COCO)cc2[C@H]2CCCC2(C)C)c1. The average Bonchev–Trinajstić information content (AvgIpc) is 3.36. The summed E-state index contributed by atoms with van der Waals surface area (Å²) in [5.41, 5.74) is 6.96. The van der Waals surface area contributed by atoms with Crippen LogP contribution < -0.4 is 9.47 Å². The fourth-order valence-electron chi connectivity index (χ4n) is 7.39. The van der Waals surface area contributed by atoms with E-state index in [1.165, 1.54) is 35.6 Å². The van der Waals surface area contributed by atoms with Crippen molar-refractivity contribution in [2.45, 2.75) is 70.3 Å². The van der Waals surface area contributed by atoms with Crippen molar-refractivity contribution in [1.82, 2.24) is 0 Å². The summed E-state index contributed by atoms with van der Waals surface area (Å²) in [7, 11) is 1.62. The van der Waals surface area contributed by atoms with Crippen LogP contribution in [0.5, 0.6) is 11.5 Å². The third-order valence-corrected chi connectivity index (χ3v) is 9.72. The minimum Gasteiger partial charge on any atom is -0.497 e. The summed E-state index contributed by atoms with van der Waals surface area (Å²) in [6, 6.07) is 17.9. The summed E-state index contributed by atoms with van der Waals surface area (Å²) in [5, 5.41) is 9.06. The van der Waals surface area contributed by atoms with E-state index in [0.29, 0.717) is 36.4 Å². The van der Waals surface area contributed by atoms with E-state index in [4.69, 9.17) is 19.3 Å². The lowest BCUT2D eigenvalue weighted by atomic mass is 9.75. The summed E-state index contributed by atoms with van der Waals surface area (Å²) in [6.07, 6.45) is 6.80. The van der Waals surface area contributed by atoms with Crippen LogP contribution in [-0.2, 0) is 23.2 Å². The number of fused-ring (bicyclic) bond motifs is 2. The molecular weight excluding hydrogens is 491 g/mol. The van der Waals surface area contributed by atoms with Crippen molar-refractivity contribution in [1.29, 1.82) is 0 Å². The van der Waals surface area contributed by atoms with Crippen LogP contribution in [0, 0.1) is 17.2 Å². The van der Waals surface area contributed by atoms with Gasteiger partial charge in [-0.15, -0.1) is 0 Å². The number of hydrogen-bond acceptors (Lipinski definition) is 4. The Morgan fingerprint density at radius 2 is 1.82 bits per heavy atom. The quantitative estimate of drug-likeness (QED) is 0.290. The number of methoxy groups -OCH3 is 1. The molecule has 1 N–H and O–H groups in total. The molecule has 3 atom stereocenters. The highest BCUT2D eigenvalue weighted by Gasteiger charge is 2.57. The summed E-state index contributed by atoms with van der Waals surface area (Å²) in [6.45, 7) is 5.52. The Bertz CT molecular complexity index is 1370. The van der Waals surface area contributed by atoms with Gasteiger partial charge in [-0.1, -0.05) is 44.5 Å². The van der Waals surface area contributed by atoms with E-state index >= 15 is 4.39 Å². The number of halogens is 1. The lowest BCUT2D eigenvalue weighted by Gasteiger charge is -2.30. The zero-order chi connectivity index (χ0) is 27.2. The van der Waals surface area contributed by atoms with Crippen LogP contribution in [0.1, 0.15) is 74.1 Å². The van der Waals surface area contributed by atoms with E-state index in [1.54, 1.807) is 13.2 Å². The van der Waals surface area contributed by atoms with Crippen molar-refractivity contribution in [2.75, 3.05) is 20.5 Å². The molecule has 0 amide bonds. The fourth-order valence-corrected chi connectivity index (χ4v) is 7.39. The molecule has 39 heavy (non-hydrogen) atoms. The number of aliphatic hydroxyl groups excluding tert-OH is 1. The lowest BCUT2D eigenvalue weighted by Crippen LogP contribution is -2.17. The molecule has 3 aromatic carbocycles. The van der Waals surface area contributed by atoms with Crippen LogP contribution in [0.15, 0.2) is 54.6 Å². The Morgan fingerprint density at radius 3 is 2.59 bits per heavy atom. The van der Waals surface area contributed by atoms with Crippen LogP contribution in [-0.4, -0.2) is 25.6 Å². The van der Waals surface area contributed by atoms with Crippen molar-refractivity contribution >= 4 is 0 Å². The van der Waals surface area contributed by atoms with Crippen molar-refractivity contribution in [3.05, 3.63) is 82.7 Å². The third kappa shape index (κ3) is 4.85. The van der Waals surface area contributed by atoms with Crippen molar-refractivity contribution in [2.24, 2.45) is 11.3 Å². The predicted octanol–water partition coefficient (Wildman–Crippen LogP) is 7.54. The molecule has 0 aromatic heterocycles. The maximum absolute atomic E-state index is 15.1. The molecule has 3 aliphatic carbocycles.